The Bertz CT molecular complexity index is 1450. The molecule has 206 valence electrons. The molecule has 2 aliphatic rings. The summed E-state index contributed by atoms with van der Waals surface area (Å²) in [6.45, 7) is 2.06. The second-order valence-electron chi connectivity index (χ2n) is 9.64. The van der Waals surface area contributed by atoms with Crippen LogP contribution in [0.25, 0.3) is 10.9 Å². The monoisotopic (exact) mass is 660 g/mol. The Kier molecular flexibility index (Phi) is 8.99. The number of ether oxygens (including phenoxy) is 3. The Morgan fingerprint density at radius 2 is 1.92 bits per heavy atom. The van der Waals surface area contributed by atoms with Gasteiger partial charge in [0.15, 0.2) is 18.1 Å². The molecule has 1 aliphatic heterocycles. The normalized spacial score (nSPS) is 16.6. The number of halogens is 2. The fourth-order valence-electron chi connectivity index (χ4n) is 5.02. The van der Waals surface area contributed by atoms with Gasteiger partial charge in [-0.05, 0) is 64.7 Å². The van der Waals surface area contributed by atoms with Crippen LogP contribution < -0.4 is 15.0 Å². The highest BCUT2D eigenvalue weighted by Crippen LogP contribution is 2.36. The van der Waals surface area contributed by atoms with Gasteiger partial charge in [-0.2, -0.15) is 9.78 Å². The summed E-state index contributed by atoms with van der Waals surface area (Å²) in [6.07, 6.45) is 7.02. The van der Waals surface area contributed by atoms with Gasteiger partial charge in [-0.15, -0.1) is 0 Å². The van der Waals surface area contributed by atoms with Crippen LogP contribution in [0, 0.1) is 0 Å². The van der Waals surface area contributed by atoms with E-state index in [4.69, 9.17) is 19.2 Å². The molecule has 0 atom stereocenters. The van der Waals surface area contributed by atoms with E-state index in [1.165, 1.54) is 18.2 Å². The van der Waals surface area contributed by atoms with E-state index >= 15 is 0 Å². The molecular formula is C28H30Br2N4O5. The van der Waals surface area contributed by atoms with Crippen molar-refractivity contribution in [2.24, 2.45) is 5.10 Å². The molecular weight excluding hydrogens is 632 g/mol. The van der Waals surface area contributed by atoms with Crippen LogP contribution in [0.4, 0.5) is 0 Å². The molecule has 0 radical (unpaired) electrons. The second kappa shape index (κ2) is 12.6. The van der Waals surface area contributed by atoms with Gasteiger partial charge in [0.25, 0.3) is 11.5 Å². The SMILES string of the molecule is COc1cc(C=Nn2c(C3CCCCC3)nc3ccc(Br)cc3c2=O)cc(Br)c1OCC(=O)N1CCOCC1. The number of carbonyl (C=O) groups excluding carboxylic acids is 1. The van der Waals surface area contributed by atoms with Crippen LogP contribution in [0.5, 0.6) is 11.5 Å². The molecule has 3 aromatic rings. The number of aromatic nitrogens is 2. The van der Waals surface area contributed by atoms with E-state index in [0.717, 1.165) is 30.2 Å². The summed E-state index contributed by atoms with van der Waals surface area (Å²) in [5.74, 6) is 1.63. The van der Waals surface area contributed by atoms with Crippen LogP contribution in [0.1, 0.15) is 49.4 Å². The number of amides is 1. The Hall–Kier alpha value is -2.76. The van der Waals surface area contributed by atoms with Crippen molar-refractivity contribution in [2.75, 3.05) is 40.0 Å². The van der Waals surface area contributed by atoms with Gasteiger partial charge in [-0.25, -0.2) is 4.98 Å². The number of hydrogen-bond donors (Lipinski definition) is 0. The van der Waals surface area contributed by atoms with Crippen molar-refractivity contribution in [3.05, 3.63) is 61.0 Å². The third kappa shape index (κ3) is 6.36. The van der Waals surface area contributed by atoms with E-state index in [1.54, 1.807) is 23.2 Å². The van der Waals surface area contributed by atoms with E-state index < -0.39 is 0 Å². The van der Waals surface area contributed by atoms with Crippen molar-refractivity contribution in [1.29, 1.82) is 0 Å². The summed E-state index contributed by atoms with van der Waals surface area (Å²) in [5.41, 5.74) is 1.17. The largest absolute Gasteiger partial charge is 0.493 e. The maximum Gasteiger partial charge on any atom is 0.282 e. The lowest BCUT2D eigenvalue weighted by Crippen LogP contribution is -2.43. The lowest BCUT2D eigenvalue weighted by Gasteiger charge is -2.27. The predicted octanol–water partition coefficient (Wildman–Crippen LogP) is 5.10. The standard InChI is InChI=1S/C28H30Br2N4O5/c1-37-24-14-18(13-22(30)26(24)39-17-25(35)33-9-11-38-12-10-33)16-31-34-27(19-5-3-2-4-6-19)32-23-8-7-20(29)15-21(23)28(34)36/h7-8,13-16,19H,2-6,9-12,17H2,1H3. The van der Waals surface area contributed by atoms with Gasteiger partial charge in [0.1, 0.15) is 5.82 Å². The number of rotatable bonds is 7. The minimum absolute atomic E-state index is 0.108. The van der Waals surface area contributed by atoms with Gasteiger partial charge in [0.05, 0.1) is 41.9 Å². The van der Waals surface area contributed by atoms with E-state index in [0.29, 0.717) is 64.6 Å². The molecule has 2 fully saturated rings. The number of methoxy groups -OCH3 is 1. The molecule has 9 nitrogen and oxygen atoms in total. The lowest BCUT2D eigenvalue weighted by atomic mass is 9.88. The summed E-state index contributed by atoms with van der Waals surface area (Å²) >= 11 is 7.01. The molecule has 39 heavy (non-hydrogen) atoms. The molecule has 0 bridgehead atoms. The van der Waals surface area contributed by atoms with Crippen LogP contribution >= 0.6 is 31.9 Å². The Morgan fingerprint density at radius 1 is 1.15 bits per heavy atom. The number of morpholine rings is 1. The fourth-order valence-corrected chi connectivity index (χ4v) is 5.95. The number of fused-ring (bicyclic) bond motifs is 1. The van der Waals surface area contributed by atoms with Crippen molar-refractivity contribution < 1.29 is 19.0 Å². The van der Waals surface area contributed by atoms with Gasteiger partial charge >= 0.3 is 0 Å². The number of nitrogens with zero attached hydrogens (tertiary/aromatic N) is 4. The molecule has 1 aliphatic carbocycles. The van der Waals surface area contributed by atoms with E-state index in [1.807, 2.05) is 18.2 Å². The first-order valence-electron chi connectivity index (χ1n) is 13.1. The molecule has 2 aromatic carbocycles. The van der Waals surface area contributed by atoms with Gasteiger partial charge in [0, 0.05) is 23.5 Å². The first kappa shape index (κ1) is 27.8. The maximum absolute atomic E-state index is 13.6. The summed E-state index contributed by atoms with van der Waals surface area (Å²) in [5, 5.41) is 5.13. The smallest absolute Gasteiger partial charge is 0.282 e. The number of carbonyl (C=O) groups is 1. The summed E-state index contributed by atoms with van der Waals surface area (Å²) in [7, 11) is 1.54. The molecule has 0 unspecified atom stereocenters. The Morgan fingerprint density at radius 3 is 2.67 bits per heavy atom. The minimum atomic E-state index is -0.203. The maximum atomic E-state index is 13.6. The zero-order valence-electron chi connectivity index (χ0n) is 21.7. The first-order chi connectivity index (χ1) is 18.9. The van der Waals surface area contributed by atoms with Crippen LogP contribution in [0.15, 0.2) is 49.2 Å². The molecule has 1 aromatic heterocycles. The van der Waals surface area contributed by atoms with Crippen molar-refractivity contribution in [3.8, 4) is 11.5 Å². The second-order valence-corrected chi connectivity index (χ2v) is 11.4. The number of hydrogen-bond acceptors (Lipinski definition) is 7. The molecule has 2 heterocycles. The zero-order valence-corrected chi connectivity index (χ0v) is 24.9. The van der Waals surface area contributed by atoms with E-state index in [9.17, 15) is 9.59 Å². The third-order valence-electron chi connectivity index (χ3n) is 7.08. The van der Waals surface area contributed by atoms with E-state index in [-0.39, 0.29) is 24.0 Å². The summed E-state index contributed by atoms with van der Waals surface area (Å²) < 4.78 is 19.6. The summed E-state index contributed by atoms with van der Waals surface area (Å²) in [4.78, 5) is 32.7. The fraction of sp³-hybridized carbons (Fsp3) is 0.429. The molecule has 0 N–H and O–H groups in total. The Balaban J connectivity index is 1.44. The highest BCUT2D eigenvalue weighted by Gasteiger charge is 2.23. The molecule has 0 spiro atoms. The van der Waals surface area contributed by atoms with Gasteiger partial charge in [-0.1, -0.05) is 35.2 Å². The molecule has 1 saturated carbocycles. The highest BCUT2D eigenvalue weighted by molar-refractivity contribution is 9.10. The van der Waals surface area contributed by atoms with Crippen LogP contribution in [-0.2, 0) is 9.53 Å². The van der Waals surface area contributed by atoms with Crippen LogP contribution in [-0.4, -0.2) is 66.7 Å². The highest BCUT2D eigenvalue weighted by atomic mass is 79.9. The minimum Gasteiger partial charge on any atom is -0.493 e. The van der Waals surface area contributed by atoms with Gasteiger partial charge < -0.3 is 19.1 Å². The average molecular weight is 662 g/mol. The zero-order chi connectivity index (χ0) is 27.4. The van der Waals surface area contributed by atoms with Crippen molar-refractivity contribution >= 4 is 54.9 Å². The Labute approximate surface area is 243 Å². The lowest BCUT2D eigenvalue weighted by molar-refractivity contribution is -0.137. The van der Waals surface area contributed by atoms with Crippen LogP contribution in [0.3, 0.4) is 0 Å². The summed E-state index contributed by atoms with van der Waals surface area (Å²) in [6, 6.07) is 9.13. The molecule has 1 saturated heterocycles. The molecule has 11 heteroatoms. The number of benzene rings is 2. The topological polar surface area (TPSA) is 95.2 Å². The van der Waals surface area contributed by atoms with E-state index in [2.05, 4.69) is 37.0 Å². The van der Waals surface area contributed by atoms with Gasteiger partial charge in [-0.3, -0.25) is 9.59 Å². The van der Waals surface area contributed by atoms with Crippen molar-refractivity contribution in [1.82, 2.24) is 14.6 Å². The average Bonchev–Trinajstić information content (AvgIpc) is 2.96. The quantitative estimate of drug-likeness (QED) is 0.327. The van der Waals surface area contributed by atoms with Gasteiger partial charge in [0.2, 0.25) is 0 Å². The van der Waals surface area contributed by atoms with Crippen molar-refractivity contribution in [2.45, 2.75) is 38.0 Å². The van der Waals surface area contributed by atoms with Crippen LogP contribution in [0.2, 0.25) is 0 Å². The predicted molar refractivity (Wildman–Crippen MR) is 156 cm³/mol. The third-order valence-corrected chi connectivity index (χ3v) is 8.16. The van der Waals surface area contributed by atoms with Crippen molar-refractivity contribution in [3.63, 3.8) is 0 Å². The first-order valence-corrected chi connectivity index (χ1v) is 14.7. The molecule has 1 amide bonds. The molecule has 5 rings (SSSR count).